The quantitative estimate of drug-likeness (QED) is 0.819. The molecule has 3 rings (SSSR count). The molecule has 2 nitrogen and oxygen atoms in total. The van der Waals surface area contributed by atoms with Gasteiger partial charge in [-0.2, -0.15) is 0 Å². The highest BCUT2D eigenvalue weighted by Gasteiger charge is 2.20. The minimum Gasteiger partial charge on any atom is -0.496 e. The minimum atomic E-state index is 0.607. The van der Waals surface area contributed by atoms with E-state index in [4.69, 9.17) is 4.74 Å². The average Bonchev–Trinajstić information content (AvgIpc) is 2.59. The predicted molar refractivity (Wildman–Crippen MR) is 91.6 cm³/mol. The van der Waals surface area contributed by atoms with Gasteiger partial charge < -0.3 is 10.1 Å². The Labute approximate surface area is 133 Å². The second kappa shape index (κ2) is 7.46. The predicted octanol–water partition coefficient (Wildman–Crippen LogP) is 3.77. The van der Waals surface area contributed by atoms with Gasteiger partial charge in [0.15, 0.2) is 0 Å². The van der Waals surface area contributed by atoms with Gasteiger partial charge in [0.1, 0.15) is 5.75 Å². The van der Waals surface area contributed by atoms with Crippen LogP contribution in [-0.2, 0) is 19.3 Å². The Morgan fingerprint density at radius 1 is 1.09 bits per heavy atom. The van der Waals surface area contributed by atoms with Crippen molar-refractivity contribution < 1.29 is 4.74 Å². The monoisotopic (exact) mass is 295 g/mol. The maximum Gasteiger partial charge on any atom is 0.122 e. The van der Waals surface area contributed by atoms with Crippen LogP contribution in [0.3, 0.4) is 0 Å². The molecule has 2 aromatic carbocycles. The van der Waals surface area contributed by atoms with Crippen molar-refractivity contribution in [3.8, 4) is 5.75 Å². The van der Waals surface area contributed by atoms with Crippen LogP contribution in [0.15, 0.2) is 48.5 Å². The molecule has 0 aromatic heterocycles. The van der Waals surface area contributed by atoms with Crippen LogP contribution in [0.1, 0.15) is 29.5 Å². The highest BCUT2D eigenvalue weighted by molar-refractivity contribution is 5.42. The van der Waals surface area contributed by atoms with E-state index in [0.717, 1.165) is 31.6 Å². The summed E-state index contributed by atoms with van der Waals surface area (Å²) in [5.41, 5.74) is 4.29. The zero-order valence-electron chi connectivity index (χ0n) is 13.3. The summed E-state index contributed by atoms with van der Waals surface area (Å²) in [5, 5.41) is 3.73. The lowest BCUT2D eigenvalue weighted by molar-refractivity contribution is 0.397. The Morgan fingerprint density at radius 2 is 1.95 bits per heavy atom. The largest absolute Gasteiger partial charge is 0.496 e. The number of methoxy groups -OCH3 is 1. The zero-order valence-corrected chi connectivity index (χ0v) is 13.3. The number of hydrogen-bond donors (Lipinski definition) is 1. The molecule has 0 fully saturated rings. The van der Waals surface area contributed by atoms with Crippen molar-refractivity contribution >= 4 is 0 Å². The summed E-state index contributed by atoms with van der Waals surface area (Å²) in [5.74, 6) is 1.06. The van der Waals surface area contributed by atoms with Gasteiger partial charge in [0.2, 0.25) is 0 Å². The molecule has 0 bridgehead atoms. The van der Waals surface area contributed by atoms with Crippen LogP contribution in [0.5, 0.6) is 5.75 Å². The molecule has 1 aliphatic carbocycles. The van der Waals surface area contributed by atoms with Gasteiger partial charge in [0.25, 0.3) is 0 Å². The lowest BCUT2D eigenvalue weighted by Crippen LogP contribution is -2.35. The van der Waals surface area contributed by atoms with Gasteiger partial charge in [-0.25, -0.2) is 0 Å². The summed E-state index contributed by atoms with van der Waals surface area (Å²) in [6, 6.07) is 17.8. The maximum atomic E-state index is 5.47. The highest BCUT2D eigenvalue weighted by atomic mass is 16.5. The Morgan fingerprint density at radius 3 is 2.77 bits per heavy atom. The molecule has 1 N–H and O–H groups in total. The summed E-state index contributed by atoms with van der Waals surface area (Å²) in [6.45, 7) is 1.10. The molecule has 0 saturated heterocycles. The van der Waals surface area contributed by atoms with Gasteiger partial charge in [-0.3, -0.25) is 0 Å². The van der Waals surface area contributed by atoms with Crippen molar-refractivity contribution in [3.05, 3.63) is 65.2 Å². The van der Waals surface area contributed by atoms with Gasteiger partial charge in [0, 0.05) is 6.04 Å². The third kappa shape index (κ3) is 3.69. The third-order valence-electron chi connectivity index (χ3n) is 4.58. The second-order valence-corrected chi connectivity index (χ2v) is 6.08. The van der Waals surface area contributed by atoms with Crippen molar-refractivity contribution in [3.63, 3.8) is 0 Å². The van der Waals surface area contributed by atoms with E-state index in [1.54, 1.807) is 7.11 Å². The molecular weight excluding hydrogens is 270 g/mol. The number of rotatable bonds is 6. The molecule has 0 radical (unpaired) electrons. The minimum absolute atomic E-state index is 0.607. The number of fused-ring (bicyclic) bond motifs is 1. The van der Waals surface area contributed by atoms with Crippen molar-refractivity contribution in [2.45, 2.75) is 38.1 Å². The van der Waals surface area contributed by atoms with Gasteiger partial charge in [-0.1, -0.05) is 42.5 Å². The second-order valence-electron chi connectivity index (χ2n) is 6.08. The van der Waals surface area contributed by atoms with Gasteiger partial charge in [-0.15, -0.1) is 0 Å². The Hall–Kier alpha value is -1.80. The third-order valence-corrected chi connectivity index (χ3v) is 4.58. The lowest BCUT2D eigenvalue weighted by Gasteiger charge is -2.26. The highest BCUT2D eigenvalue weighted by Crippen LogP contribution is 2.29. The first-order valence-electron chi connectivity index (χ1n) is 8.29. The molecule has 0 aliphatic heterocycles. The average molecular weight is 295 g/mol. The Bertz CT molecular complexity index is 594. The topological polar surface area (TPSA) is 21.3 Å². The zero-order chi connectivity index (χ0) is 15.2. The maximum absolute atomic E-state index is 5.47. The Balaban J connectivity index is 1.47. The van der Waals surface area contributed by atoms with Crippen molar-refractivity contribution in [1.82, 2.24) is 5.32 Å². The number of benzene rings is 2. The molecule has 1 aliphatic rings. The van der Waals surface area contributed by atoms with Crippen molar-refractivity contribution in [1.29, 1.82) is 0 Å². The van der Waals surface area contributed by atoms with E-state index in [2.05, 4.69) is 53.8 Å². The summed E-state index contributed by atoms with van der Waals surface area (Å²) in [4.78, 5) is 0. The van der Waals surface area contributed by atoms with Crippen LogP contribution in [0.4, 0.5) is 0 Å². The van der Waals surface area contributed by atoms with E-state index >= 15 is 0 Å². The molecule has 0 unspecified atom stereocenters. The smallest absolute Gasteiger partial charge is 0.122 e. The molecule has 116 valence electrons. The summed E-state index contributed by atoms with van der Waals surface area (Å²) in [6.07, 6.45) is 5.81. The normalized spacial score (nSPS) is 17.0. The first-order chi connectivity index (χ1) is 10.9. The van der Waals surface area contributed by atoms with E-state index in [1.165, 1.54) is 29.5 Å². The van der Waals surface area contributed by atoms with E-state index in [9.17, 15) is 0 Å². The number of ether oxygens (including phenoxy) is 1. The first kappa shape index (κ1) is 15.1. The molecule has 1 atom stereocenters. The molecule has 0 spiro atoms. The fourth-order valence-electron chi connectivity index (χ4n) is 3.38. The molecule has 2 heteroatoms. The molecule has 0 saturated carbocycles. The SMILES string of the molecule is COc1cccc2c1CC[C@@H](NCCCc1ccccc1)C2. The van der Waals surface area contributed by atoms with Crippen molar-refractivity contribution in [2.75, 3.05) is 13.7 Å². The van der Waals surface area contributed by atoms with Crippen LogP contribution in [0.25, 0.3) is 0 Å². The molecule has 0 heterocycles. The number of nitrogens with one attached hydrogen (secondary N) is 1. The van der Waals surface area contributed by atoms with E-state index < -0.39 is 0 Å². The van der Waals surface area contributed by atoms with Gasteiger partial charge >= 0.3 is 0 Å². The standard InChI is InChI=1S/C20H25NO/c1-22-20-11-5-10-17-15-18(12-13-19(17)20)21-14-6-9-16-7-3-2-4-8-16/h2-5,7-8,10-11,18,21H,6,9,12-15H2,1H3/t18-/m1/s1. The lowest BCUT2D eigenvalue weighted by atomic mass is 9.87. The number of aryl methyl sites for hydroxylation is 1. The van der Waals surface area contributed by atoms with Gasteiger partial charge in [-0.05, 0) is 61.4 Å². The van der Waals surface area contributed by atoms with Crippen molar-refractivity contribution in [2.24, 2.45) is 0 Å². The van der Waals surface area contributed by atoms with Gasteiger partial charge in [0.05, 0.1) is 7.11 Å². The summed E-state index contributed by atoms with van der Waals surface area (Å²) >= 11 is 0. The van der Waals surface area contributed by atoms with Crippen LogP contribution < -0.4 is 10.1 Å². The van der Waals surface area contributed by atoms with Crippen LogP contribution in [-0.4, -0.2) is 19.7 Å². The van der Waals surface area contributed by atoms with Crippen LogP contribution in [0.2, 0.25) is 0 Å². The van der Waals surface area contributed by atoms with Crippen LogP contribution >= 0.6 is 0 Å². The van der Waals surface area contributed by atoms with E-state index in [0.29, 0.717) is 6.04 Å². The van der Waals surface area contributed by atoms with E-state index in [1.807, 2.05) is 0 Å². The number of hydrogen-bond acceptors (Lipinski definition) is 2. The molecule has 2 aromatic rings. The summed E-state index contributed by atoms with van der Waals surface area (Å²) < 4.78 is 5.47. The molecule has 22 heavy (non-hydrogen) atoms. The fraction of sp³-hybridized carbons (Fsp3) is 0.400. The van der Waals surface area contributed by atoms with E-state index in [-0.39, 0.29) is 0 Å². The molecular formula is C20H25NO. The summed E-state index contributed by atoms with van der Waals surface area (Å²) in [7, 11) is 1.77. The molecule has 0 amide bonds. The fourth-order valence-corrected chi connectivity index (χ4v) is 3.38. The first-order valence-corrected chi connectivity index (χ1v) is 8.29. The Kier molecular flexibility index (Phi) is 5.12. The van der Waals surface area contributed by atoms with Crippen LogP contribution in [0, 0.1) is 0 Å².